The standard InChI is InChI=1S/C13H18N2O/c1-10-8-11(4-5-12(10)15)16-7-6-13(2,3)9-14/h4-5,8H,6-7,15H2,1-3H3. The minimum Gasteiger partial charge on any atom is -0.494 e. The van der Waals surface area contributed by atoms with Crippen LogP contribution in [0, 0.1) is 23.7 Å². The van der Waals surface area contributed by atoms with Gasteiger partial charge in [0, 0.05) is 5.69 Å². The molecule has 0 saturated carbocycles. The van der Waals surface area contributed by atoms with Crippen LogP contribution in [0.3, 0.4) is 0 Å². The molecule has 0 saturated heterocycles. The number of hydrogen-bond acceptors (Lipinski definition) is 3. The molecule has 0 aromatic heterocycles. The zero-order valence-electron chi connectivity index (χ0n) is 10.1. The van der Waals surface area contributed by atoms with Crippen molar-refractivity contribution in [2.24, 2.45) is 5.41 Å². The van der Waals surface area contributed by atoms with Gasteiger partial charge in [-0.25, -0.2) is 0 Å². The number of nitrogens with two attached hydrogens (primary N) is 1. The maximum atomic E-state index is 8.85. The summed E-state index contributed by atoms with van der Waals surface area (Å²) in [6.45, 7) is 6.31. The van der Waals surface area contributed by atoms with Gasteiger partial charge in [0.05, 0.1) is 18.1 Å². The summed E-state index contributed by atoms with van der Waals surface area (Å²) < 4.78 is 5.57. The van der Waals surface area contributed by atoms with Gasteiger partial charge in [-0.1, -0.05) is 0 Å². The predicted octanol–water partition coefficient (Wildman–Crippen LogP) is 2.90. The lowest BCUT2D eigenvalue weighted by atomic mass is 9.92. The highest BCUT2D eigenvalue weighted by Gasteiger charge is 2.16. The molecule has 1 aromatic carbocycles. The van der Waals surface area contributed by atoms with Gasteiger partial charge in [-0.15, -0.1) is 0 Å². The number of nitriles is 1. The summed E-state index contributed by atoms with van der Waals surface area (Å²) in [6, 6.07) is 7.84. The average molecular weight is 218 g/mol. The Balaban J connectivity index is 2.50. The van der Waals surface area contributed by atoms with Crippen LogP contribution < -0.4 is 10.5 Å². The lowest BCUT2D eigenvalue weighted by Crippen LogP contribution is -2.13. The van der Waals surface area contributed by atoms with Gasteiger partial charge in [0.1, 0.15) is 5.75 Å². The molecule has 0 aliphatic heterocycles. The highest BCUT2D eigenvalue weighted by Crippen LogP contribution is 2.21. The van der Waals surface area contributed by atoms with Crippen molar-refractivity contribution < 1.29 is 4.74 Å². The number of benzene rings is 1. The summed E-state index contributed by atoms with van der Waals surface area (Å²) in [5.41, 5.74) is 7.16. The Labute approximate surface area is 96.8 Å². The molecule has 2 N–H and O–H groups in total. The highest BCUT2D eigenvalue weighted by molar-refractivity contribution is 5.49. The second-order valence-electron chi connectivity index (χ2n) is 4.61. The maximum Gasteiger partial charge on any atom is 0.119 e. The molecule has 0 bridgehead atoms. The zero-order valence-corrected chi connectivity index (χ0v) is 10.1. The van der Waals surface area contributed by atoms with Crippen LogP contribution in [0.4, 0.5) is 5.69 Å². The van der Waals surface area contributed by atoms with Crippen molar-refractivity contribution in [3.05, 3.63) is 23.8 Å². The van der Waals surface area contributed by atoms with Crippen molar-refractivity contribution in [1.82, 2.24) is 0 Å². The number of nitrogen functional groups attached to an aromatic ring is 1. The topological polar surface area (TPSA) is 59.0 Å². The first kappa shape index (κ1) is 12.4. The number of aryl methyl sites for hydroxylation is 1. The van der Waals surface area contributed by atoms with Gasteiger partial charge in [0.15, 0.2) is 0 Å². The van der Waals surface area contributed by atoms with Gasteiger partial charge in [0.25, 0.3) is 0 Å². The van der Waals surface area contributed by atoms with Crippen molar-refractivity contribution in [2.75, 3.05) is 12.3 Å². The van der Waals surface area contributed by atoms with Crippen LogP contribution in [0.2, 0.25) is 0 Å². The fourth-order valence-electron chi connectivity index (χ4n) is 1.22. The van der Waals surface area contributed by atoms with E-state index in [4.69, 9.17) is 15.7 Å². The third kappa shape index (κ3) is 3.47. The summed E-state index contributed by atoms with van der Waals surface area (Å²) in [7, 11) is 0. The van der Waals surface area contributed by atoms with E-state index in [9.17, 15) is 0 Å². The summed E-state index contributed by atoms with van der Waals surface area (Å²) in [5.74, 6) is 0.806. The molecule has 0 amide bonds. The first-order chi connectivity index (χ1) is 7.44. The molecule has 1 aromatic rings. The van der Waals surface area contributed by atoms with Gasteiger partial charge in [-0.3, -0.25) is 0 Å². The summed E-state index contributed by atoms with van der Waals surface area (Å²) in [5, 5.41) is 8.85. The predicted molar refractivity (Wildman–Crippen MR) is 65.1 cm³/mol. The molecule has 0 aliphatic rings. The third-order valence-corrected chi connectivity index (χ3v) is 2.54. The molecular weight excluding hydrogens is 200 g/mol. The Morgan fingerprint density at radius 3 is 2.69 bits per heavy atom. The van der Waals surface area contributed by atoms with Crippen molar-refractivity contribution in [1.29, 1.82) is 5.26 Å². The van der Waals surface area contributed by atoms with E-state index < -0.39 is 0 Å². The Morgan fingerprint density at radius 2 is 2.12 bits per heavy atom. The third-order valence-electron chi connectivity index (χ3n) is 2.54. The number of rotatable bonds is 4. The Kier molecular flexibility index (Phi) is 3.78. The fraction of sp³-hybridized carbons (Fsp3) is 0.462. The molecule has 0 spiro atoms. The minimum atomic E-state index is -0.331. The van der Waals surface area contributed by atoms with Crippen LogP contribution in [0.1, 0.15) is 25.8 Å². The number of ether oxygens (including phenoxy) is 1. The summed E-state index contributed by atoms with van der Waals surface area (Å²) in [6.07, 6.45) is 0.715. The molecule has 1 rings (SSSR count). The molecule has 86 valence electrons. The van der Waals surface area contributed by atoms with Crippen LogP contribution in [0.15, 0.2) is 18.2 Å². The van der Waals surface area contributed by atoms with Gasteiger partial charge >= 0.3 is 0 Å². The Hall–Kier alpha value is -1.69. The number of nitrogens with zero attached hydrogens (tertiary/aromatic N) is 1. The molecule has 0 fully saturated rings. The van der Waals surface area contributed by atoms with Crippen LogP contribution in [-0.2, 0) is 0 Å². The number of anilines is 1. The van der Waals surface area contributed by atoms with Crippen molar-refractivity contribution in [3.63, 3.8) is 0 Å². The fourth-order valence-corrected chi connectivity index (χ4v) is 1.22. The molecule has 3 heteroatoms. The smallest absolute Gasteiger partial charge is 0.119 e. The quantitative estimate of drug-likeness (QED) is 0.790. The SMILES string of the molecule is Cc1cc(OCCC(C)(C)C#N)ccc1N. The monoisotopic (exact) mass is 218 g/mol. The normalized spacial score (nSPS) is 10.9. The van der Waals surface area contributed by atoms with E-state index in [1.54, 1.807) is 0 Å². The second kappa shape index (κ2) is 4.89. The molecule has 16 heavy (non-hydrogen) atoms. The molecule has 0 heterocycles. The van der Waals surface area contributed by atoms with Gasteiger partial charge in [0.2, 0.25) is 0 Å². The lowest BCUT2D eigenvalue weighted by Gasteiger charge is -2.15. The van der Waals surface area contributed by atoms with Crippen LogP contribution in [-0.4, -0.2) is 6.61 Å². The van der Waals surface area contributed by atoms with Crippen LogP contribution in [0.5, 0.6) is 5.75 Å². The molecular formula is C13H18N2O. The molecule has 0 radical (unpaired) electrons. The lowest BCUT2D eigenvalue weighted by molar-refractivity contribution is 0.264. The van der Waals surface area contributed by atoms with E-state index >= 15 is 0 Å². The van der Waals surface area contributed by atoms with Crippen LogP contribution >= 0.6 is 0 Å². The summed E-state index contributed by atoms with van der Waals surface area (Å²) in [4.78, 5) is 0. The van der Waals surface area contributed by atoms with E-state index in [0.717, 1.165) is 17.0 Å². The Bertz CT molecular complexity index is 405. The summed E-state index contributed by atoms with van der Waals surface area (Å²) >= 11 is 0. The largest absolute Gasteiger partial charge is 0.494 e. The maximum absolute atomic E-state index is 8.85. The average Bonchev–Trinajstić information content (AvgIpc) is 2.23. The van der Waals surface area contributed by atoms with Crippen molar-refractivity contribution in [3.8, 4) is 11.8 Å². The molecule has 0 unspecified atom stereocenters. The first-order valence-corrected chi connectivity index (χ1v) is 5.35. The van der Waals surface area contributed by atoms with Crippen molar-refractivity contribution >= 4 is 5.69 Å². The van der Waals surface area contributed by atoms with Gasteiger partial charge < -0.3 is 10.5 Å². The van der Waals surface area contributed by atoms with E-state index in [1.165, 1.54) is 0 Å². The minimum absolute atomic E-state index is 0.331. The zero-order chi connectivity index (χ0) is 12.2. The van der Waals surface area contributed by atoms with E-state index in [0.29, 0.717) is 13.0 Å². The van der Waals surface area contributed by atoms with Gasteiger partial charge in [-0.2, -0.15) is 5.26 Å². The van der Waals surface area contributed by atoms with Gasteiger partial charge in [-0.05, 0) is 51.0 Å². The second-order valence-corrected chi connectivity index (χ2v) is 4.61. The Morgan fingerprint density at radius 1 is 1.44 bits per heavy atom. The van der Waals surface area contributed by atoms with E-state index in [1.807, 2.05) is 39.0 Å². The van der Waals surface area contributed by atoms with Crippen molar-refractivity contribution in [2.45, 2.75) is 27.2 Å². The molecule has 3 nitrogen and oxygen atoms in total. The first-order valence-electron chi connectivity index (χ1n) is 5.35. The molecule has 0 aliphatic carbocycles. The number of hydrogen-bond donors (Lipinski definition) is 1. The van der Waals surface area contributed by atoms with Crippen LogP contribution in [0.25, 0.3) is 0 Å². The highest BCUT2D eigenvalue weighted by atomic mass is 16.5. The van der Waals surface area contributed by atoms with E-state index in [2.05, 4.69) is 6.07 Å². The molecule has 0 atom stereocenters. The van der Waals surface area contributed by atoms with E-state index in [-0.39, 0.29) is 5.41 Å².